The van der Waals surface area contributed by atoms with Crippen molar-refractivity contribution in [1.29, 1.82) is 0 Å². The fourth-order valence-corrected chi connectivity index (χ4v) is 1.47. The minimum atomic E-state index is 0.642. The highest BCUT2D eigenvalue weighted by molar-refractivity contribution is 4.53. The molecule has 0 aliphatic carbocycles. The van der Waals surface area contributed by atoms with Gasteiger partial charge in [-0.15, -0.1) is 0 Å². The highest BCUT2D eigenvalue weighted by Crippen LogP contribution is 2.01. The number of hydrogen-bond acceptors (Lipinski definition) is 2. The van der Waals surface area contributed by atoms with Gasteiger partial charge in [-0.1, -0.05) is 40.0 Å². The Balaban J connectivity index is 2.85. The molecule has 14 heavy (non-hydrogen) atoms. The summed E-state index contributed by atoms with van der Waals surface area (Å²) in [7, 11) is 0. The highest BCUT2D eigenvalue weighted by Gasteiger charge is 1.92. The third-order valence-corrected chi connectivity index (χ3v) is 2.33. The second-order valence-corrected chi connectivity index (χ2v) is 4.23. The van der Waals surface area contributed by atoms with Crippen LogP contribution in [0.3, 0.4) is 0 Å². The summed E-state index contributed by atoms with van der Waals surface area (Å²) in [6, 6.07) is 0.642. The first kappa shape index (κ1) is 13.9. The summed E-state index contributed by atoms with van der Waals surface area (Å²) in [6.07, 6.45) is 6.83. The van der Waals surface area contributed by atoms with Crippen LogP contribution in [0.5, 0.6) is 0 Å². The summed E-state index contributed by atoms with van der Waals surface area (Å²) in [5.74, 6) is 0. The first-order chi connectivity index (χ1) is 6.77. The summed E-state index contributed by atoms with van der Waals surface area (Å²) in [5.41, 5.74) is 0. The predicted octanol–water partition coefficient (Wildman–Crippen LogP) is 2.54. The molecular formula is C12H28N2. The summed E-state index contributed by atoms with van der Waals surface area (Å²) < 4.78 is 0. The van der Waals surface area contributed by atoms with Gasteiger partial charge in [0.05, 0.1) is 0 Å². The van der Waals surface area contributed by atoms with Crippen molar-refractivity contribution in [2.24, 2.45) is 0 Å². The Morgan fingerprint density at radius 2 is 1.43 bits per heavy atom. The molecule has 0 saturated carbocycles. The smallest absolute Gasteiger partial charge is 0.00103 e. The van der Waals surface area contributed by atoms with Crippen molar-refractivity contribution in [3.05, 3.63) is 0 Å². The summed E-state index contributed by atoms with van der Waals surface area (Å²) in [4.78, 5) is 0. The van der Waals surface area contributed by atoms with E-state index in [-0.39, 0.29) is 0 Å². The number of nitrogens with one attached hydrogen (secondary N) is 2. The van der Waals surface area contributed by atoms with Crippen LogP contribution in [0.1, 0.15) is 52.9 Å². The Labute approximate surface area is 89.9 Å². The summed E-state index contributed by atoms with van der Waals surface area (Å²) >= 11 is 0. The van der Waals surface area contributed by atoms with E-state index in [1.54, 1.807) is 0 Å². The van der Waals surface area contributed by atoms with Crippen LogP contribution in [0, 0.1) is 0 Å². The maximum absolute atomic E-state index is 3.44. The van der Waals surface area contributed by atoms with Crippen LogP contribution in [0.25, 0.3) is 0 Å². The predicted molar refractivity (Wildman–Crippen MR) is 64.8 cm³/mol. The van der Waals surface area contributed by atoms with Gasteiger partial charge in [0.1, 0.15) is 0 Å². The van der Waals surface area contributed by atoms with E-state index < -0.39 is 0 Å². The molecular weight excluding hydrogens is 172 g/mol. The lowest BCUT2D eigenvalue weighted by Gasteiger charge is -2.07. The van der Waals surface area contributed by atoms with E-state index in [1.807, 2.05) is 0 Å². The van der Waals surface area contributed by atoms with Crippen molar-refractivity contribution in [3.63, 3.8) is 0 Å². The maximum Gasteiger partial charge on any atom is 0.00103 e. The molecule has 2 nitrogen and oxygen atoms in total. The number of rotatable bonds is 10. The molecule has 0 aromatic carbocycles. The van der Waals surface area contributed by atoms with E-state index in [0.29, 0.717) is 6.04 Å². The first-order valence-electron chi connectivity index (χ1n) is 6.21. The molecule has 0 atom stereocenters. The van der Waals surface area contributed by atoms with Crippen LogP contribution in [-0.2, 0) is 0 Å². The molecule has 2 N–H and O–H groups in total. The van der Waals surface area contributed by atoms with Crippen molar-refractivity contribution in [3.8, 4) is 0 Å². The minimum absolute atomic E-state index is 0.642. The Hall–Kier alpha value is -0.0800. The van der Waals surface area contributed by atoms with E-state index in [0.717, 1.165) is 6.54 Å². The molecule has 0 spiro atoms. The fourth-order valence-electron chi connectivity index (χ4n) is 1.47. The maximum atomic E-state index is 3.44. The minimum Gasteiger partial charge on any atom is -0.317 e. The van der Waals surface area contributed by atoms with E-state index >= 15 is 0 Å². The van der Waals surface area contributed by atoms with E-state index in [4.69, 9.17) is 0 Å². The molecule has 0 amide bonds. The zero-order chi connectivity index (χ0) is 10.6. The normalized spacial score (nSPS) is 11.1. The zero-order valence-corrected chi connectivity index (χ0v) is 10.2. The number of unbranched alkanes of at least 4 members (excludes halogenated alkanes) is 4. The van der Waals surface area contributed by atoms with Gasteiger partial charge >= 0.3 is 0 Å². The Morgan fingerprint density at radius 1 is 0.857 bits per heavy atom. The van der Waals surface area contributed by atoms with Crippen LogP contribution in [0.4, 0.5) is 0 Å². The van der Waals surface area contributed by atoms with Gasteiger partial charge in [0.15, 0.2) is 0 Å². The van der Waals surface area contributed by atoms with Gasteiger partial charge in [-0.3, -0.25) is 0 Å². The van der Waals surface area contributed by atoms with Crippen molar-refractivity contribution < 1.29 is 0 Å². The molecule has 0 aromatic heterocycles. The molecule has 0 bridgehead atoms. The first-order valence-corrected chi connectivity index (χ1v) is 6.21. The van der Waals surface area contributed by atoms with Gasteiger partial charge in [-0.25, -0.2) is 0 Å². The van der Waals surface area contributed by atoms with E-state index in [2.05, 4.69) is 31.4 Å². The molecule has 0 rings (SSSR count). The molecule has 0 radical (unpaired) electrons. The molecule has 0 heterocycles. The lowest BCUT2D eigenvalue weighted by molar-refractivity contribution is 0.531. The SMILES string of the molecule is CCNCCCCCCCNC(C)C. The standard InChI is InChI=1S/C12H28N2/c1-4-13-10-8-6-5-7-9-11-14-12(2)3/h12-14H,4-11H2,1-3H3. The number of hydrogen-bond donors (Lipinski definition) is 2. The molecule has 0 unspecified atom stereocenters. The van der Waals surface area contributed by atoms with Crippen LogP contribution in [-0.4, -0.2) is 25.7 Å². The third-order valence-electron chi connectivity index (χ3n) is 2.33. The Kier molecular flexibility index (Phi) is 10.9. The lowest BCUT2D eigenvalue weighted by Crippen LogP contribution is -2.23. The second kappa shape index (κ2) is 11.0. The van der Waals surface area contributed by atoms with Crippen LogP contribution < -0.4 is 10.6 Å². The summed E-state index contributed by atoms with van der Waals surface area (Å²) in [6.45, 7) is 10.1. The van der Waals surface area contributed by atoms with Gasteiger partial charge in [-0.05, 0) is 32.5 Å². The van der Waals surface area contributed by atoms with E-state index in [9.17, 15) is 0 Å². The quantitative estimate of drug-likeness (QED) is 0.530. The molecule has 0 fully saturated rings. The fraction of sp³-hybridized carbons (Fsp3) is 1.00. The average Bonchev–Trinajstić information content (AvgIpc) is 2.15. The van der Waals surface area contributed by atoms with Crippen molar-refractivity contribution in [2.75, 3.05) is 19.6 Å². The molecule has 0 saturated heterocycles. The monoisotopic (exact) mass is 200 g/mol. The van der Waals surface area contributed by atoms with Crippen molar-refractivity contribution >= 4 is 0 Å². The van der Waals surface area contributed by atoms with E-state index in [1.165, 1.54) is 45.2 Å². The molecule has 0 aliphatic rings. The average molecular weight is 200 g/mol. The topological polar surface area (TPSA) is 24.1 Å². The molecule has 0 aromatic rings. The Bertz CT molecular complexity index is 102. The molecule has 0 aliphatic heterocycles. The second-order valence-electron chi connectivity index (χ2n) is 4.23. The van der Waals surface area contributed by atoms with Crippen molar-refractivity contribution in [2.45, 2.75) is 58.9 Å². The lowest BCUT2D eigenvalue weighted by atomic mass is 10.1. The van der Waals surface area contributed by atoms with Gasteiger partial charge in [-0.2, -0.15) is 0 Å². The van der Waals surface area contributed by atoms with Gasteiger partial charge in [0.2, 0.25) is 0 Å². The largest absolute Gasteiger partial charge is 0.317 e. The summed E-state index contributed by atoms with van der Waals surface area (Å²) in [5, 5.41) is 6.80. The zero-order valence-electron chi connectivity index (χ0n) is 10.2. The van der Waals surface area contributed by atoms with Crippen LogP contribution >= 0.6 is 0 Å². The Morgan fingerprint density at radius 3 is 2.00 bits per heavy atom. The van der Waals surface area contributed by atoms with Crippen LogP contribution in [0.2, 0.25) is 0 Å². The van der Waals surface area contributed by atoms with Crippen LogP contribution in [0.15, 0.2) is 0 Å². The highest BCUT2D eigenvalue weighted by atomic mass is 14.9. The third kappa shape index (κ3) is 11.9. The van der Waals surface area contributed by atoms with Gasteiger partial charge in [0.25, 0.3) is 0 Å². The molecule has 2 heteroatoms. The molecule has 86 valence electrons. The van der Waals surface area contributed by atoms with Crippen molar-refractivity contribution in [1.82, 2.24) is 10.6 Å². The van der Waals surface area contributed by atoms with Gasteiger partial charge < -0.3 is 10.6 Å². The van der Waals surface area contributed by atoms with Gasteiger partial charge in [0, 0.05) is 6.04 Å².